The van der Waals surface area contributed by atoms with E-state index in [0.29, 0.717) is 27.9 Å². The van der Waals surface area contributed by atoms with Gasteiger partial charge in [0.25, 0.3) is 0 Å². The molecule has 0 bridgehead atoms. The van der Waals surface area contributed by atoms with Gasteiger partial charge in [0.1, 0.15) is 5.82 Å². The maximum Gasteiger partial charge on any atom is 0.190 e. The van der Waals surface area contributed by atoms with Crippen LogP contribution in [0.15, 0.2) is 24.3 Å². The van der Waals surface area contributed by atoms with Crippen molar-refractivity contribution < 1.29 is 9.18 Å². The zero-order valence-electron chi connectivity index (χ0n) is 10.2. The number of para-hydroxylation sites is 1. The summed E-state index contributed by atoms with van der Waals surface area (Å²) in [7, 11) is 0. The molecule has 0 radical (unpaired) electrons. The van der Waals surface area contributed by atoms with Crippen molar-refractivity contribution >= 4 is 28.4 Å². The van der Waals surface area contributed by atoms with E-state index < -0.39 is 0 Å². The number of carbonyl (C=O) groups is 1. The first kappa shape index (κ1) is 12.7. The fourth-order valence-electron chi connectivity index (χ4n) is 1.70. The van der Waals surface area contributed by atoms with Crippen LogP contribution in [-0.2, 0) is 0 Å². The Bertz CT molecular complexity index is 568. The van der Waals surface area contributed by atoms with Gasteiger partial charge in [0, 0.05) is 6.54 Å². The molecule has 0 N–H and O–H groups in total. The van der Waals surface area contributed by atoms with E-state index in [4.69, 9.17) is 0 Å². The molecule has 0 aliphatic heterocycles. The van der Waals surface area contributed by atoms with Crippen molar-refractivity contribution in [3.8, 4) is 0 Å². The topological polar surface area (TPSA) is 33.2 Å². The van der Waals surface area contributed by atoms with Crippen molar-refractivity contribution in [3.63, 3.8) is 0 Å². The highest BCUT2D eigenvalue weighted by Gasteiger charge is 2.16. The smallest absolute Gasteiger partial charge is 0.190 e. The molecule has 0 unspecified atom stereocenters. The summed E-state index contributed by atoms with van der Waals surface area (Å²) < 4.78 is 13.8. The van der Waals surface area contributed by atoms with Gasteiger partial charge in [-0.05, 0) is 26.0 Å². The van der Waals surface area contributed by atoms with Crippen LogP contribution in [0.4, 0.5) is 15.2 Å². The quantitative estimate of drug-likeness (QED) is 0.792. The van der Waals surface area contributed by atoms with Crippen molar-refractivity contribution in [3.05, 3.63) is 40.7 Å². The fraction of sp³-hybridized carbons (Fsp3) is 0.231. The first-order valence-electron chi connectivity index (χ1n) is 5.62. The van der Waals surface area contributed by atoms with Crippen LogP contribution in [0, 0.1) is 12.7 Å². The number of hydrogen-bond acceptors (Lipinski definition) is 4. The van der Waals surface area contributed by atoms with Crippen LogP contribution in [0.2, 0.25) is 0 Å². The molecule has 2 aromatic rings. The number of benzene rings is 1. The van der Waals surface area contributed by atoms with Crippen molar-refractivity contribution in [2.75, 3.05) is 11.4 Å². The van der Waals surface area contributed by atoms with E-state index in [0.717, 1.165) is 6.29 Å². The molecule has 1 heterocycles. The standard InChI is InChI=1S/C13H13FN2OS/c1-3-16(11-7-5-4-6-10(11)14)13-15-9(2)12(8-17)18-13/h4-8H,3H2,1-2H3. The number of anilines is 2. The molecule has 3 nitrogen and oxygen atoms in total. The normalized spacial score (nSPS) is 10.4. The van der Waals surface area contributed by atoms with Crippen molar-refractivity contribution in [2.24, 2.45) is 0 Å². The van der Waals surface area contributed by atoms with E-state index in [2.05, 4.69) is 4.98 Å². The van der Waals surface area contributed by atoms with E-state index in [1.807, 2.05) is 6.92 Å². The number of hydrogen-bond donors (Lipinski definition) is 0. The highest BCUT2D eigenvalue weighted by Crippen LogP contribution is 2.31. The Balaban J connectivity index is 2.45. The van der Waals surface area contributed by atoms with Crippen LogP contribution in [0.3, 0.4) is 0 Å². The zero-order valence-corrected chi connectivity index (χ0v) is 11.0. The van der Waals surface area contributed by atoms with E-state index in [1.165, 1.54) is 17.4 Å². The average molecular weight is 264 g/mol. The summed E-state index contributed by atoms with van der Waals surface area (Å²) in [6, 6.07) is 6.55. The van der Waals surface area contributed by atoms with Crippen LogP contribution in [0.5, 0.6) is 0 Å². The monoisotopic (exact) mass is 264 g/mol. The number of nitrogens with zero attached hydrogens (tertiary/aromatic N) is 2. The molecule has 0 saturated heterocycles. The number of aromatic nitrogens is 1. The molecule has 1 aromatic heterocycles. The molecule has 1 aromatic carbocycles. The molecule has 0 atom stereocenters. The first-order valence-corrected chi connectivity index (χ1v) is 6.43. The van der Waals surface area contributed by atoms with E-state index in [-0.39, 0.29) is 5.82 Å². The second kappa shape index (κ2) is 5.27. The molecule has 0 saturated carbocycles. The summed E-state index contributed by atoms with van der Waals surface area (Å²) >= 11 is 1.28. The summed E-state index contributed by atoms with van der Waals surface area (Å²) in [6.07, 6.45) is 0.783. The van der Waals surface area contributed by atoms with Gasteiger partial charge in [-0.1, -0.05) is 23.5 Å². The minimum Gasteiger partial charge on any atom is -0.315 e. The van der Waals surface area contributed by atoms with Gasteiger partial charge in [0.15, 0.2) is 11.4 Å². The SMILES string of the molecule is CCN(c1nc(C)c(C=O)s1)c1ccccc1F. The minimum atomic E-state index is -0.292. The average Bonchev–Trinajstić information content (AvgIpc) is 2.74. The van der Waals surface area contributed by atoms with Crippen LogP contribution in [-0.4, -0.2) is 17.8 Å². The summed E-state index contributed by atoms with van der Waals surface area (Å²) in [5.74, 6) is -0.292. The van der Waals surface area contributed by atoms with Gasteiger partial charge in [0.05, 0.1) is 16.3 Å². The van der Waals surface area contributed by atoms with Gasteiger partial charge in [-0.2, -0.15) is 0 Å². The molecule has 18 heavy (non-hydrogen) atoms. The van der Waals surface area contributed by atoms with Gasteiger partial charge in [0.2, 0.25) is 0 Å². The summed E-state index contributed by atoms with van der Waals surface area (Å²) in [4.78, 5) is 17.5. The second-order valence-corrected chi connectivity index (χ2v) is 4.77. The Kier molecular flexibility index (Phi) is 3.72. The fourth-order valence-corrected chi connectivity index (χ4v) is 2.66. The lowest BCUT2D eigenvalue weighted by atomic mass is 10.3. The molecule has 2 rings (SSSR count). The number of aryl methyl sites for hydroxylation is 1. The molecule has 0 amide bonds. The number of aldehydes is 1. The van der Waals surface area contributed by atoms with Crippen molar-refractivity contribution in [1.29, 1.82) is 0 Å². The number of thiazole rings is 1. The van der Waals surface area contributed by atoms with E-state index in [9.17, 15) is 9.18 Å². The molecular weight excluding hydrogens is 251 g/mol. The molecule has 0 aliphatic carbocycles. The number of carbonyl (C=O) groups excluding carboxylic acids is 1. The summed E-state index contributed by atoms with van der Waals surface area (Å²) in [5.41, 5.74) is 1.16. The van der Waals surface area contributed by atoms with E-state index >= 15 is 0 Å². The lowest BCUT2D eigenvalue weighted by molar-refractivity contribution is 0.112. The lowest BCUT2D eigenvalue weighted by Gasteiger charge is -2.20. The van der Waals surface area contributed by atoms with Crippen LogP contribution in [0.25, 0.3) is 0 Å². The molecule has 5 heteroatoms. The molecule has 94 valence electrons. The van der Waals surface area contributed by atoms with Crippen LogP contribution in [0.1, 0.15) is 22.3 Å². The zero-order chi connectivity index (χ0) is 13.1. The molecule has 0 aliphatic rings. The maximum atomic E-state index is 13.8. The Labute approximate surface area is 109 Å². The van der Waals surface area contributed by atoms with Crippen molar-refractivity contribution in [1.82, 2.24) is 4.98 Å². The predicted molar refractivity (Wildman–Crippen MR) is 71.3 cm³/mol. The highest BCUT2D eigenvalue weighted by molar-refractivity contribution is 7.17. The third-order valence-corrected chi connectivity index (χ3v) is 3.72. The van der Waals surface area contributed by atoms with Gasteiger partial charge in [-0.25, -0.2) is 9.37 Å². The third kappa shape index (κ3) is 2.26. The maximum absolute atomic E-state index is 13.8. The number of halogens is 1. The Hall–Kier alpha value is -1.75. The summed E-state index contributed by atoms with van der Waals surface area (Å²) in [5, 5.41) is 0.641. The molecular formula is C13H13FN2OS. The summed E-state index contributed by atoms with van der Waals surface area (Å²) in [6.45, 7) is 4.29. The van der Waals surface area contributed by atoms with Gasteiger partial charge >= 0.3 is 0 Å². The second-order valence-electron chi connectivity index (χ2n) is 3.76. The third-order valence-electron chi connectivity index (χ3n) is 2.62. The van der Waals surface area contributed by atoms with Gasteiger partial charge in [-0.3, -0.25) is 4.79 Å². The Morgan fingerprint density at radius 3 is 2.72 bits per heavy atom. The number of rotatable bonds is 4. The molecule has 0 fully saturated rings. The van der Waals surface area contributed by atoms with Crippen molar-refractivity contribution in [2.45, 2.75) is 13.8 Å². The van der Waals surface area contributed by atoms with E-state index in [1.54, 1.807) is 30.0 Å². The van der Waals surface area contributed by atoms with Gasteiger partial charge in [-0.15, -0.1) is 0 Å². The molecule has 0 spiro atoms. The highest BCUT2D eigenvalue weighted by atomic mass is 32.1. The Morgan fingerprint density at radius 1 is 1.44 bits per heavy atom. The van der Waals surface area contributed by atoms with Gasteiger partial charge < -0.3 is 4.90 Å². The predicted octanol–water partition coefficient (Wildman–Crippen LogP) is 3.56. The van der Waals surface area contributed by atoms with Crippen LogP contribution < -0.4 is 4.90 Å². The largest absolute Gasteiger partial charge is 0.315 e. The van der Waals surface area contributed by atoms with Crippen LogP contribution >= 0.6 is 11.3 Å². The Morgan fingerprint density at radius 2 is 2.17 bits per heavy atom. The first-order chi connectivity index (χ1) is 8.67. The lowest BCUT2D eigenvalue weighted by Crippen LogP contribution is -2.17. The minimum absolute atomic E-state index is 0.292.